The van der Waals surface area contributed by atoms with Gasteiger partial charge in [-0.3, -0.25) is 9.79 Å². The molecule has 10 nitrogen and oxygen atoms in total. The Balaban J connectivity index is 1.50. The van der Waals surface area contributed by atoms with Gasteiger partial charge in [0.25, 0.3) is 0 Å². The van der Waals surface area contributed by atoms with Gasteiger partial charge in [0.05, 0.1) is 18.8 Å². The van der Waals surface area contributed by atoms with Gasteiger partial charge in [-0.15, -0.1) is 0 Å². The van der Waals surface area contributed by atoms with E-state index in [9.17, 15) is 25.2 Å². The highest BCUT2D eigenvalue weighted by molar-refractivity contribution is 5.79. The predicted octanol–water partition coefficient (Wildman–Crippen LogP) is 1.84. The number of ether oxygens (including phenoxy) is 2. The van der Waals surface area contributed by atoms with Crippen molar-refractivity contribution in [2.24, 2.45) is 16.6 Å². The number of fused-ring (bicyclic) bond motifs is 5. The zero-order chi connectivity index (χ0) is 29.1. The Labute approximate surface area is 239 Å². The summed E-state index contributed by atoms with van der Waals surface area (Å²) in [5.41, 5.74) is 9.26. The Morgan fingerprint density at radius 3 is 2.73 bits per heavy atom. The van der Waals surface area contributed by atoms with E-state index < -0.39 is 12.4 Å². The van der Waals surface area contributed by atoms with Crippen molar-refractivity contribution in [1.29, 1.82) is 0 Å². The van der Waals surface area contributed by atoms with Crippen LogP contribution in [0, 0.1) is 17.8 Å². The largest absolute Gasteiger partial charge is 0.504 e. The number of phenolic OH excluding ortho intramolecular Hbond substituents is 2. The highest BCUT2D eigenvalue weighted by Crippen LogP contribution is 2.44. The molecule has 0 unspecified atom stereocenters. The lowest BCUT2D eigenvalue weighted by molar-refractivity contribution is -0.121. The maximum Gasteiger partial charge on any atom is 0.200 e. The number of guanidine groups is 1. The van der Waals surface area contributed by atoms with Crippen molar-refractivity contribution in [3.05, 3.63) is 46.0 Å². The van der Waals surface area contributed by atoms with Crippen LogP contribution < -0.4 is 20.5 Å². The number of nitrogens with one attached hydrogen (secondary N) is 1. The summed E-state index contributed by atoms with van der Waals surface area (Å²) in [6, 6.07) is 5.15. The molecule has 3 aliphatic rings. The van der Waals surface area contributed by atoms with E-state index in [0.29, 0.717) is 55.7 Å². The van der Waals surface area contributed by atoms with Gasteiger partial charge in [0.2, 0.25) is 6.29 Å². The summed E-state index contributed by atoms with van der Waals surface area (Å²) in [7, 11) is 1.44. The molecule has 4 atom stereocenters. The normalized spacial score (nSPS) is 24.6. The predicted molar refractivity (Wildman–Crippen MR) is 152 cm³/mol. The molecule has 2 heterocycles. The van der Waals surface area contributed by atoms with Gasteiger partial charge < -0.3 is 41.0 Å². The van der Waals surface area contributed by atoms with Gasteiger partial charge in [-0.2, -0.15) is 0 Å². The molecule has 0 amide bonds. The maximum atomic E-state index is 12.7. The maximum absolute atomic E-state index is 12.7. The van der Waals surface area contributed by atoms with Crippen molar-refractivity contribution in [3.63, 3.8) is 0 Å². The first kappa shape index (κ1) is 28.6. The van der Waals surface area contributed by atoms with Crippen LogP contribution in [-0.2, 0) is 30.5 Å². The van der Waals surface area contributed by atoms with E-state index in [4.69, 9.17) is 15.2 Å². The van der Waals surface area contributed by atoms with Gasteiger partial charge in [0, 0.05) is 48.9 Å². The number of hydrogen-bond donors (Lipinski definition) is 6. The van der Waals surface area contributed by atoms with E-state index in [-0.39, 0.29) is 60.0 Å². The smallest absolute Gasteiger partial charge is 0.200 e. The summed E-state index contributed by atoms with van der Waals surface area (Å²) in [6.45, 7) is 0.618. The molecule has 2 aliphatic heterocycles. The third-order valence-electron chi connectivity index (χ3n) is 8.14. The minimum Gasteiger partial charge on any atom is -0.504 e. The number of nitrogens with zero attached hydrogens (tertiary/aromatic N) is 1. The van der Waals surface area contributed by atoms with Crippen LogP contribution in [0.5, 0.6) is 23.0 Å². The van der Waals surface area contributed by atoms with Crippen molar-refractivity contribution in [3.8, 4) is 34.8 Å². The van der Waals surface area contributed by atoms with E-state index in [1.165, 1.54) is 13.2 Å². The number of aliphatic hydroxyl groups excluding tert-OH is 2. The number of aryl methyl sites for hydroxylation is 2. The van der Waals surface area contributed by atoms with Crippen molar-refractivity contribution >= 4 is 11.7 Å². The third-order valence-corrected chi connectivity index (χ3v) is 8.14. The number of phenols is 2. The molecule has 2 bridgehead atoms. The monoisotopic (exact) mass is 563 g/mol. The van der Waals surface area contributed by atoms with E-state index in [1.54, 1.807) is 6.07 Å². The Bertz CT molecular complexity index is 1410. The number of carbonyl (C=O) groups is 1. The highest BCUT2D eigenvalue weighted by atomic mass is 16.6. The molecule has 5 rings (SSSR count). The quantitative estimate of drug-likeness (QED) is 0.305. The summed E-state index contributed by atoms with van der Waals surface area (Å²) in [4.78, 5) is 16.9. The minimum absolute atomic E-state index is 0.0253. The van der Waals surface area contributed by atoms with Crippen LogP contribution in [0.15, 0.2) is 23.2 Å². The van der Waals surface area contributed by atoms with Crippen LogP contribution in [0.4, 0.5) is 0 Å². The molecule has 2 aromatic carbocycles. The van der Waals surface area contributed by atoms with E-state index >= 15 is 0 Å². The summed E-state index contributed by atoms with van der Waals surface area (Å²) >= 11 is 0. The molecule has 0 saturated heterocycles. The average Bonchev–Trinajstić information content (AvgIpc) is 2.94. The van der Waals surface area contributed by atoms with Gasteiger partial charge >= 0.3 is 0 Å². The standard InChI is InChI=1S/C31H37N3O7/c1-40-28-24-4-2-3-19-13-18(6-9-23(36)16-22(35)8-5-17(24)7-10-26(28)37)25-15-20(30(39)41-29(25)27(19)38)14-21-11-12-33-31(32)34-21/h7,10,13,20-21,23,30,36-39H,3,5-6,8-9,11-12,14-16H2,1H3,(H3,32,33,34)/t20-,21+,23-,30+/m1/s1. The van der Waals surface area contributed by atoms with Crippen LogP contribution in [0.25, 0.3) is 0 Å². The second-order valence-electron chi connectivity index (χ2n) is 11.0. The van der Waals surface area contributed by atoms with E-state index in [1.807, 2.05) is 6.07 Å². The molecule has 0 saturated carbocycles. The zero-order valence-corrected chi connectivity index (χ0v) is 23.2. The number of aliphatic hydroxyl groups is 2. The number of rotatable bonds is 3. The summed E-state index contributed by atoms with van der Waals surface area (Å²) in [5, 5.41) is 46.4. The zero-order valence-electron chi connectivity index (χ0n) is 23.2. The molecule has 2 aromatic rings. The van der Waals surface area contributed by atoms with Crippen LogP contribution in [0.1, 0.15) is 59.9 Å². The lowest BCUT2D eigenvalue weighted by Gasteiger charge is -2.35. The lowest BCUT2D eigenvalue weighted by atomic mass is 9.84. The van der Waals surface area contributed by atoms with E-state index in [0.717, 1.165) is 23.1 Å². The molecular formula is C31H37N3O7. The molecule has 7 N–H and O–H groups in total. The van der Waals surface area contributed by atoms with Crippen molar-refractivity contribution in [2.45, 2.75) is 76.2 Å². The van der Waals surface area contributed by atoms with Crippen molar-refractivity contribution < 1.29 is 34.7 Å². The Morgan fingerprint density at radius 2 is 1.95 bits per heavy atom. The Morgan fingerprint density at radius 1 is 1.12 bits per heavy atom. The number of aromatic hydroxyl groups is 2. The molecule has 0 radical (unpaired) electrons. The number of Topliss-reactive ketones (excluding diaryl/α,β-unsaturated/α-hetero) is 1. The minimum atomic E-state index is -1.12. The molecule has 1 aliphatic carbocycles. The number of carbonyl (C=O) groups excluding carboxylic acids is 1. The highest BCUT2D eigenvalue weighted by Gasteiger charge is 2.35. The number of methoxy groups -OCH3 is 1. The van der Waals surface area contributed by atoms with Gasteiger partial charge in [-0.1, -0.05) is 24.0 Å². The molecular weight excluding hydrogens is 526 g/mol. The number of benzene rings is 2. The molecule has 0 fully saturated rings. The van der Waals surface area contributed by atoms with Crippen molar-refractivity contribution in [1.82, 2.24) is 5.32 Å². The molecule has 10 heteroatoms. The topological polar surface area (TPSA) is 167 Å². The number of hydrogen-bond acceptors (Lipinski definition) is 10. The SMILES string of the molecule is COc1c(O)ccc2c1C#CCc1cc(c3c(c1O)O[C@H](O)[C@H](C[C@@H]1CCN=C(N)N1)C3)CC[C@@H](O)CC(=O)CC2. The lowest BCUT2D eigenvalue weighted by Crippen LogP contribution is -2.46. The molecule has 0 aromatic heterocycles. The summed E-state index contributed by atoms with van der Waals surface area (Å²) in [6.07, 6.45) is 1.54. The summed E-state index contributed by atoms with van der Waals surface area (Å²) in [5.74, 6) is 6.55. The second-order valence-corrected chi connectivity index (χ2v) is 11.0. The van der Waals surface area contributed by atoms with Gasteiger partial charge in [0.15, 0.2) is 29.0 Å². The first-order chi connectivity index (χ1) is 19.7. The molecule has 218 valence electrons. The number of ketones is 1. The van der Waals surface area contributed by atoms with Crippen LogP contribution in [-0.4, -0.2) is 64.3 Å². The average molecular weight is 564 g/mol. The Kier molecular flexibility index (Phi) is 8.57. The molecule has 41 heavy (non-hydrogen) atoms. The number of nitrogens with two attached hydrogens (primary N) is 1. The molecule has 0 spiro atoms. The first-order valence-corrected chi connectivity index (χ1v) is 14.1. The van der Waals surface area contributed by atoms with Gasteiger partial charge in [-0.25, -0.2) is 0 Å². The fraction of sp³-hybridized carbons (Fsp3) is 0.484. The fourth-order valence-electron chi connectivity index (χ4n) is 5.95. The van der Waals surface area contributed by atoms with Crippen LogP contribution >= 0.6 is 0 Å². The number of aliphatic imine (C=N–C) groups is 1. The van der Waals surface area contributed by atoms with Gasteiger partial charge in [-0.05, 0) is 55.7 Å². The van der Waals surface area contributed by atoms with Crippen molar-refractivity contribution in [2.75, 3.05) is 13.7 Å². The summed E-state index contributed by atoms with van der Waals surface area (Å²) < 4.78 is 11.3. The van der Waals surface area contributed by atoms with Crippen LogP contribution in [0.3, 0.4) is 0 Å². The third kappa shape index (κ3) is 6.37. The second kappa shape index (κ2) is 12.3. The fourth-order valence-corrected chi connectivity index (χ4v) is 5.95. The Hall–Kier alpha value is -3.94. The van der Waals surface area contributed by atoms with Gasteiger partial charge in [0.1, 0.15) is 5.78 Å². The van der Waals surface area contributed by atoms with Crippen LogP contribution in [0.2, 0.25) is 0 Å². The first-order valence-electron chi connectivity index (χ1n) is 14.1. The van der Waals surface area contributed by atoms with E-state index in [2.05, 4.69) is 22.2 Å².